The van der Waals surface area contributed by atoms with Gasteiger partial charge in [0.15, 0.2) is 6.29 Å². The summed E-state index contributed by atoms with van der Waals surface area (Å²) in [6, 6.07) is 0. The van der Waals surface area contributed by atoms with Gasteiger partial charge in [-0.25, -0.2) is 0 Å². The van der Waals surface area contributed by atoms with Gasteiger partial charge in [0, 0.05) is 12.8 Å². The number of allylic oxidation sites excluding steroid dienone is 1. The number of unbranched alkanes of at least 4 members (excludes halogenated alkanes) is 8. The van der Waals surface area contributed by atoms with E-state index >= 15 is 0 Å². The van der Waals surface area contributed by atoms with E-state index in [4.69, 9.17) is 14.2 Å². The summed E-state index contributed by atoms with van der Waals surface area (Å²) in [6.07, 6.45) is 19.4. The minimum atomic E-state index is -0.126. The van der Waals surface area contributed by atoms with Crippen LogP contribution in [0.25, 0.3) is 0 Å². The fourth-order valence-electron chi connectivity index (χ4n) is 3.98. The van der Waals surface area contributed by atoms with Gasteiger partial charge in [-0.1, -0.05) is 71.6 Å². The number of rotatable bonds is 15. The van der Waals surface area contributed by atoms with E-state index in [1.54, 1.807) is 0 Å². The van der Waals surface area contributed by atoms with E-state index in [1.165, 1.54) is 44.9 Å². The predicted octanol–water partition coefficient (Wildman–Crippen LogP) is 6.68. The summed E-state index contributed by atoms with van der Waals surface area (Å²) in [4.78, 5) is 11.9. The van der Waals surface area contributed by atoms with Gasteiger partial charge in [0.1, 0.15) is 6.10 Å². The molecule has 0 aliphatic carbocycles. The molecule has 2 aliphatic heterocycles. The molecule has 4 nitrogen and oxygen atoms in total. The van der Waals surface area contributed by atoms with Crippen LogP contribution in [0.1, 0.15) is 110 Å². The van der Waals surface area contributed by atoms with E-state index < -0.39 is 0 Å². The van der Waals surface area contributed by atoms with Gasteiger partial charge in [0.2, 0.25) is 0 Å². The molecule has 0 bridgehead atoms. The molecule has 2 heterocycles. The predicted molar refractivity (Wildman–Crippen MR) is 113 cm³/mol. The molecule has 0 aromatic rings. The summed E-state index contributed by atoms with van der Waals surface area (Å²) < 4.78 is 17.3. The number of hydrogen-bond donors (Lipinski definition) is 0. The van der Waals surface area contributed by atoms with Gasteiger partial charge in [0.25, 0.3) is 0 Å². The van der Waals surface area contributed by atoms with E-state index in [1.807, 2.05) is 0 Å². The van der Waals surface area contributed by atoms with E-state index in [9.17, 15) is 4.79 Å². The Morgan fingerprint density at radius 2 is 1.71 bits per heavy atom. The van der Waals surface area contributed by atoms with Crippen LogP contribution in [-0.4, -0.2) is 25.0 Å². The van der Waals surface area contributed by atoms with Crippen LogP contribution in [0.2, 0.25) is 0 Å². The lowest BCUT2D eigenvalue weighted by Gasteiger charge is -2.34. The molecule has 0 amide bonds. The Kier molecular flexibility index (Phi) is 11.7. The first kappa shape index (κ1) is 23.3. The van der Waals surface area contributed by atoms with E-state index in [2.05, 4.69) is 19.9 Å². The molecule has 0 saturated carbocycles. The number of ether oxygens (including phenoxy) is 3. The molecule has 2 fully saturated rings. The van der Waals surface area contributed by atoms with Crippen molar-refractivity contribution in [3.63, 3.8) is 0 Å². The number of esters is 1. The Balaban J connectivity index is 1.72. The van der Waals surface area contributed by atoms with Crippen molar-refractivity contribution in [2.45, 2.75) is 123 Å². The molecule has 2 rings (SSSR count). The molecule has 2 aliphatic rings. The summed E-state index contributed by atoms with van der Waals surface area (Å²) in [7, 11) is 0. The minimum Gasteiger partial charge on any atom is -0.469 e. The van der Waals surface area contributed by atoms with Crippen LogP contribution in [-0.2, 0) is 19.0 Å². The largest absolute Gasteiger partial charge is 0.469 e. The van der Waals surface area contributed by atoms with Crippen LogP contribution in [0.5, 0.6) is 0 Å². The second-order valence-electron chi connectivity index (χ2n) is 8.42. The molecule has 0 aromatic heterocycles. The second kappa shape index (κ2) is 14.0. The number of cyclic esters (lactones) is 1. The fraction of sp³-hybridized carbons (Fsp3) is 0.875. The first-order valence-electron chi connectivity index (χ1n) is 11.9. The van der Waals surface area contributed by atoms with Crippen LogP contribution in [0.4, 0.5) is 0 Å². The lowest BCUT2D eigenvalue weighted by atomic mass is 9.89. The lowest BCUT2D eigenvalue weighted by molar-refractivity contribution is -0.179. The smallest absolute Gasteiger partial charge is 0.313 e. The van der Waals surface area contributed by atoms with Crippen LogP contribution in [0.3, 0.4) is 0 Å². The summed E-state index contributed by atoms with van der Waals surface area (Å²) >= 11 is 0. The molecule has 3 unspecified atom stereocenters. The summed E-state index contributed by atoms with van der Waals surface area (Å²) in [5.74, 6) is 0.938. The zero-order chi connectivity index (χ0) is 20.0. The third-order valence-electron chi connectivity index (χ3n) is 5.87. The molecule has 0 spiro atoms. The highest BCUT2D eigenvalue weighted by Gasteiger charge is 2.40. The first-order valence-corrected chi connectivity index (χ1v) is 11.9. The lowest BCUT2D eigenvalue weighted by Crippen LogP contribution is -2.44. The Bertz CT molecular complexity index is 454. The van der Waals surface area contributed by atoms with E-state index in [-0.39, 0.29) is 24.3 Å². The van der Waals surface area contributed by atoms with Crippen molar-refractivity contribution in [3.8, 4) is 0 Å². The average molecular weight is 395 g/mol. The fourth-order valence-corrected chi connectivity index (χ4v) is 3.98. The molecule has 4 heteroatoms. The zero-order valence-electron chi connectivity index (χ0n) is 18.3. The maximum atomic E-state index is 11.9. The van der Waals surface area contributed by atoms with Crippen molar-refractivity contribution in [3.05, 3.63) is 11.8 Å². The van der Waals surface area contributed by atoms with Crippen molar-refractivity contribution in [2.75, 3.05) is 6.61 Å². The van der Waals surface area contributed by atoms with Gasteiger partial charge >= 0.3 is 5.97 Å². The molecular weight excluding hydrogens is 352 g/mol. The average Bonchev–Trinajstić information content (AvgIpc) is 2.71. The topological polar surface area (TPSA) is 44.8 Å². The molecule has 3 atom stereocenters. The number of carbonyl (C=O) groups excluding carboxylic acids is 1. The first-order chi connectivity index (χ1) is 13.7. The Hall–Kier alpha value is -1.03. The van der Waals surface area contributed by atoms with Crippen LogP contribution >= 0.6 is 0 Å². The van der Waals surface area contributed by atoms with Gasteiger partial charge < -0.3 is 14.2 Å². The van der Waals surface area contributed by atoms with Gasteiger partial charge in [-0.2, -0.15) is 0 Å². The summed E-state index contributed by atoms with van der Waals surface area (Å²) in [5.41, 5.74) is 0. The standard InChI is InChI=1S/C24H42O4/c1-3-5-7-8-9-10-11-12-16-21-22(28-24(21)25)19-20(15-6-4-2)27-23-17-13-14-18-26-23/h19,21-23H,3-18H2,1-2H3. The molecule has 28 heavy (non-hydrogen) atoms. The van der Waals surface area contributed by atoms with Crippen LogP contribution in [0, 0.1) is 5.92 Å². The monoisotopic (exact) mass is 394 g/mol. The highest BCUT2D eigenvalue weighted by Crippen LogP contribution is 2.31. The van der Waals surface area contributed by atoms with Crippen molar-refractivity contribution in [1.82, 2.24) is 0 Å². The van der Waals surface area contributed by atoms with Crippen molar-refractivity contribution >= 4 is 5.97 Å². The van der Waals surface area contributed by atoms with Gasteiger partial charge in [-0.05, 0) is 31.8 Å². The normalized spacial score (nSPS) is 25.3. The van der Waals surface area contributed by atoms with Gasteiger partial charge in [-0.3, -0.25) is 4.79 Å². The SMILES string of the molecule is CCCCCCCCCCC1C(=O)OC1C=C(CCCC)OC1CCCCO1. The Labute approximate surface area is 172 Å². The van der Waals surface area contributed by atoms with Gasteiger partial charge in [0.05, 0.1) is 18.3 Å². The zero-order valence-corrected chi connectivity index (χ0v) is 18.3. The highest BCUT2D eigenvalue weighted by atomic mass is 16.7. The van der Waals surface area contributed by atoms with Gasteiger partial charge in [-0.15, -0.1) is 0 Å². The molecule has 0 N–H and O–H groups in total. The minimum absolute atomic E-state index is 0.0209. The van der Waals surface area contributed by atoms with Crippen LogP contribution < -0.4 is 0 Å². The van der Waals surface area contributed by atoms with E-state index in [0.29, 0.717) is 0 Å². The Morgan fingerprint density at radius 3 is 2.36 bits per heavy atom. The molecule has 162 valence electrons. The number of carbonyl (C=O) groups is 1. The highest BCUT2D eigenvalue weighted by molar-refractivity contribution is 5.79. The molecule has 0 aromatic carbocycles. The van der Waals surface area contributed by atoms with Crippen molar-refractivity contribution < 1.29 is 19.0 Å². The molecule has 0 radical (unpaired) electrons. The summed E-state index contributed by atoms with van der Waals surface area (Å²) in [5, 5.41) is 0. The number of hydrogen-bond acceptors (Lipinski definition) is 4. The quantitative estimate of drug-likeness (QED) is 0.177. The van der Waals surface area contributed by atoms with Crippen molar-refractivity contribution in [1.29, 1.82) is 0 Å². The molecular formula is C24H42O4. The third-order valence-corrected chi connectivity index (χ3v) is 5.87. The second-order valence-corrected chi connectivity index (χ2v) is 8.42. The maximum absolute atomic E-state index is 11.9. The van der Waals surface area contributed by atoms with Crippen LogP contribution in [0.15, 0.2) is 11.8 Å². The summed E-state index contributed by atoms with van der Waals surface area (Å²) in [6.45, 7) is 5.22. The Morgan fingerprint density at radius 1 is 1.00 bits per heavy atom. The third kappa shape index (κ3) is 8.55. The maximum Gasteiger partial charge on any atom is 0.313 e. The van der Waals surface area contributed by atoms with Crippen molar-refractivity contribution in [2.24, 2.45) is 5.92 Å². The molecule has 2 saturated heterocycles. The van der Waals surface area contributed by atoms with E-state index in [0.717, 1.165) is 63.7 Å².